The Bertz CT molecular complexity index is 2750. The summed E-state index contributed by atoms with van der Waals surface area (Å²) in [4.78, 5) is 81.8. The van der Waals surface area contributed by atoms with Crippen LogP contribution in [0.1, 0.15) is 51.8 Å². The first-order valence-electron chi connectivity index (χ1n) is 18.3. The van der Waals surface area contributed by atoms with Gasteiger partial charge in [0.05, 0.1) is 27.8 Å². The van der Waals surface area contributed by atoms with Gasteiger partial charge in [-0.25, -0.2) is 28.8 Å². The number of esters is 6. The molecule has 0 unspecified atom stereocenters. The van der Waals surface area contributed by atoms with Crippen LogP contribution in [0.3, 0.4) is 0 Å². The largest absolute Gasteiger partial charge is 0.504 e. The van der Waals surface area contributed by atoms with Crippen molar-refractivity contribution in [1.82, 2.24) is 0 Å². The molecule has 0 aliphatic carbocycles. The minimum atomic E-state index is -3.21. The Kier molecular flexibility index (Phi) is 14.0. The number of aliphatic hydroxyl groups excluding tert-OH is 1. The van der Waals surface area contributed by atoms with Gasteiger partial charge in [0.15, 0.2) is 98.5 Å². The number of ether oxygens (including phenoxy) is 5. The molecule has 0 aliphatic rings. The molecular formula is C41H32O27. The van der Waals surface area contributed by atoms with Gasteiger partial charge in [-0.2, -0.15) is 0 Å². The Hall–Kier alpha value is -9.92. The summed E-state index contributed by atoms with van der Waals surface area (Å²) in [6.07, 6.45) is -12.0. The molecule has 27 nitrogen and oxygen atoms in total. The second kappa shape index (κ2) is 19.4. The number of phenols is 15. The van der Waals surface area contributed by atoms with E-state index in [1.165, 1.54) is 0 Å². The Morgan fingerprint density at radius 3 is 0.912 bits per heavy atom. The Morgan fingerprint density at radius 2 is 0.603 bits per heavy atom. The SMILES string of the molecule is O=C(OC[C@@H](O)[C@H](OC(=O)c1cc(O)c(O)c(O)c1)[C@@H](OC(=O)c1cc(O)c(O)c(O)c1)[C@H](OC(=O)c1cc(O)c(O)c(O)c1)C(=O)OC(=O)c1cc(O)c(O)c(O)c1)c1cc(O)c(O)c(O)c1. The third kappa shape index (κ3) is 10.5. The van der Waals surface area contributed by atoms with Gasteiger partial charge in [-0.15, -0.1) is 0 Å². The van der Waals surface area contributed by atoms with Crippen LogP contribution < -0.4 is 0 Å². The third-order valence-electron chi connectivity index (χ3n) is 9.06. The van der Waals surface area contributed by atoms with E-state index in [1.807, 2.05) is 0 Å². The van der Waals surface area contributed by atoms with E-state index in [0.29, 0.717) is 60.7 Å². The van der Waals surface area contributed by atoms with Crippen molar-refractivity contribution in [3.8, 4) is 86.2 Å². The fraction of sp³-hybridized carbons (Fsp3) is 0.122. The molecular weight excluding hydrogens is 924 g/mol. The van der Waals surface area contributed by atoms with Gasteiger partial charge in [0.25, 0.3) is 0 Å². The highest BCUT2D eigenvalue weighted by molar-refractivity contribution is 6.01. The van der Waals surface area contributed by atoms with Gasteiger partial charge in [0, 0.05) is 0 Å². The van der Waals surface area contributed by atoms with Crippen molar-refractivity contribution < 1.29 is 134 Å². The van der Waals surface area contributed by atoms with Gasteiger partial charge in [-0.3, -0.25) is 0 Å². The second-order valence-corrected chi connectivity index (χ2v) is 13.8. The number of rotatable bonds is 14. The van der Waals surface area contributed by atoms with Crippen LogP contribution in [0.5, 0.6) is 86.2 Å². The summed E-state index contributed by atoms with van der Waals surface area (Å²) in [6.45, 7) is -1.53. The van der Waals surface area contributed by atoms with Crippen molar-refractivity contribution in [1.29, 1.82) is 0 Å². The molecule has 358 valence electrons. The molecule has 0 saturated heterocycles. The first-order chi connectivity index (χ1) is 31.8. The van der Waals surface area contributed by atoms with Crippen molar-refractivity contribution in [2.45, 2.75) is 24.4 Å². The zero-order valence-corrected chi connectivity index (χ0v) is 33.4. The van der Waals surface area contributed by atoms with Crippen LogP contribution in [0, 0.1) is 0 Å². The molecule has 0 aliphatic heterocycles. The van der Waals surface area contributed by atoms with Gasteiger partial charge >= 0.3 is 35.8 Å². The van der Waals surface area contributed by atoms with Crippen molar-refractivity contribution in [3.63, 3.8) is 0 Å². The van der Waals surface area contributed by atoms with Crippen LogP contribution in [0.25, 0.3) is 0 Å². The lowest BCUT2D eigenvalue weighted by atomic mass is 10.0. The predicted molar refractivity (Wildman–Crippen MR) is 212 cm³/mol. The van der Waals surface area contributed by atoms with Crippen LogP contribution in [0.15, 0.2) is 60.7 Å². The van der Waals surface area contributed by atoms with Gasteiger partial charge in [0.1, 0.15) is 12.7 Å². The average Bonchev–Trinajstić information content (AvgIpc) is 3.28. The van der Waals surface area contributed by atoms with Crippen molar-refractivity contribution in [3.05, 3.63) is 88.5 Å². The van der Waals surface area contributed by atoms with E-state index >= 15 is 0 Å². The highest BCUT2D eigenvalue weighted by atomic mass is 16.6. The summed E-state index contributed by atoms with van der Waals surface area (Å²) in [5.41, 5.74) is -4.64. The Balaban J connectivity index is 1.71. The lowest BCUT2D eigenvalue weighted by Gasteiger charge is -2.33. The highest BCUT2D eigenvalue weighted by Crippen LogP contribution is 2.40. The van der Waals surface area contributed by atoms with E-state index < -0.39 is 181 Å². The van der Waals surface area contributed by atoms with Gasteiger partial charge in [0.2, 0.25) is 6.10 Å². The summed E-state index contributed by atoms with van der Waals surface area (Å²) in [7, 11) is 0. The normalized spacial score (nSPS) is 12.7. The lowest BCUT2D eigenvalue weighted by molar-refractivity contribution is -0.167. The molecule has 5 aromatic carbocycles. The second-order valence-electron chi connectivity index (χ2n) is 13.8. The summed E-state index contributed by atoms with van der Waals surface area (Å²) < 4.78 is 25.6. The summed E-state index contributed by atoms with van der Waals surface area (Å²) >= 11 is 0. The fourth-order valence-electron chi connectivity index (χ4n) is 5.64. The molecule has 0 amide bonds. The molecule has 68 heavy (non-hydrogen) atoms. The molecule has 0 bridgehead atoms. The van der Waals surface area contributed by atoms with Crippen molar-refractivity contribution in [2.24, 2.45) is 0 Å². The number of aromatic hydroxyl groups is 15. The summed E-state index contributed by atoms with van der Waals surface area (Å²) in [6, 6.07) is 4.45. The van der Waals surface area contributed by atoms with Gasteiger partial charge in [-0.1, -0.05) is 0 Å². The number of hydrogen-bond donors (Lipinski definition) is 16. The number of phenolic OH excluding ortho intramolecular Hbond substituents is 15. The van der Waals surface area contributed by atoms with Crippen molar-refractivity contribution >= 4 is 35.8 Å². The maximum absolute atomic E-state index is 14.2. The number of carbonyl (C=O) groups excluding carboxylic acids is 6. The predicted octanol–water partition coefficient (Wildman–Crippen LogP) is 0.849. The van der Waals surface area contributed by atoms with Crippen LogP contribution in [0.4, 0.5) is 0 Å². The summed E-state index contributed by atoms with van der Waals surface area (Å²) in [5.74, 6) is -29.1. The Labute approximate surface area is 375 Å². The van der Waals surface area contributed by atoms with Crippen LogP contribution in [-0.2, 0) is 28.5 Å². The minimum absolute atomic E-state index is 0.407. The zero-order valence-electron chi connectivity index (χ0n) is 33.4. The lowest BCUT2D eigenvalue weighted by Crippen LogP contribution is -2.55. The van der Waals surface area contributed by atoms with Crippen LogP contribution in [-0.4, -0.2) is 149 Å². The van der Waals surface area contributed by atoms with Crippen LogP contribution >= 0.6 is 0 Å². The van der Waals surface area contributed by atoms with E-state index in [0.717, 1.165) is 0 Å². The molecule has 27 heteroatoms. The standard InChI is InChI=1S/C41H32O27/c42-17-1-12(2-18(43)28(17)53)36(58)64-11-27(52)33(65-37(59)13-3-19(44)29(54)20(45)4-13)34(66-38(60)14-5-21(46)30(55)22(47)6-14)35(67-39(61)15-7-23(48)31(56)24(49)8-15)41(63)68-40(62)16-9-25(50)32(57)26(51)10-16/h1-10,27,33-35,42-57H,11H2/t27-,33+,34-,35+/m1/s1. The maximum atomic E-state index is 14.2. The molecule has 0 spiro atoms. The number of aliphatic hydroxyl groups is 1. The molecule has 5 rings (SSSR count). The number of carbonyl (C=O) groups is 6. The molecule has 16 N–H and O–H groups in total. The molecule has 0 fully saturated rings. The smallest absolute Gasteiger partial charge is 0.359 e. The van der Waals surface area contributed by atoms with E-state index in [-0.39, 0.29) is 0 Å². The topological polar surface area (TPSA) is 472 Å². The number of benzene rings is 5. The first-order valence-corrected chi connectivity index (χ1v) is 18.3. The molecule has 4 atom stereocenters. The quantitative estimate of drug-likeness (QED) is 0.0317. The minimum Gasteiger partial charge on any atom is -0.504 e. The zero-order chi connectivity index (χ0) is 50.6. The van der Waals surface area contributed by atoms with Crippen LogP contribution in [0.2, 0.25) is 0 Å². The third-order valence-corrected chi connectivity index (χ3v) is 9.06. The molecule has 0 aromatic heterocycles. The molecule has 5 aromatic rings. The molecule has 0 heterocycles. The number of hydrogen-bond acceptors (Lipinski definition) is 27. The van der Waals surface area contributed by atoms with Gasteiger partial charge < -0.3 is 105 Å². The van der Waals surface area contributed by atoms with E-state index in [4.69, 9.17) is 23.7 Å². The fourth-order valence-corrected chi connectivity index (χ4v) is 5.64. The van der Waals surface area contributed by atoms with Gasteiger partial charge in [-0.05, 0) is 60.7 Å². The molecule has 0 saturated carbocycles. The van der Waals surface area contributed by atoms with E-state index in [2.05, 4.69) is 0 Å². The average molecular weight is 957 g/mol. The molecule has 0 radical (unpaired) electrons. The maximum Gasteiger partial charge on any atom is 0.359 e. The van der Waals surface area contributed by atoms with E-state index in [9.17, 15) is 110 Å². The highest BCUT2D eigenvalue weighted by Gasteiger charge is 2.48. The Morgan fingerprint density at radius 1 is 0.353 bits per heavy atom. The summed E-state index contributed by atoms with van der Waals surface area (Å²) in [5, 5.41) is 161. The first kappa shape index (κ1) is 49.1. The monoisotopic (exact) mass is 956 g/mol. The van der Waals surface area contributed by atoms with E-state index in [1.54, 1.807) is 0 Å². The van der Waals surface area contributed by atoms with Crippen molar-refractivity contribution in [2.75, 3.05) is 6.61 Å².